The molecule has 0 saturated heterocycles. The molecule has 1 N–H and O–H groups in total. The van der Waals surface area contributed by atoms with Gasteiger partial charge in [0.1, 0.15) is 11.4 Å². The van der Waals surface area contributed by atoms with Crippen LogP contribution < -0.4 is 10.1 Å². The first kappa shape index (κ1) is 25.7. The van der Waals surface area contributed by atoms with Crippen LogP contribution in [0.15, 0.2) is 94.6 Å². The van der Waals surface area contributed by atoms with E-state index < -0.39 is 4.92 Å². The maximum absolute atomic E-state index is 12.4. The number of methoxy groups -OCH3 is 1. The van der Waals surface area contributed by atoms with Crippen LogP contribution in [-0.4, -0.2) is 43.7 Å². The number of aromatic nitrogens is 4. The van der Waals surface area contributed by atoms with E-state index in [1.165, 1.54) is 18.2 Å². The Morgan fingerprint density at radius 1 is 1.05 bits per heavy atom. The first-order valence-corrected chi connectivity index (χ1v) is 12.7. The van der Waals surface area contributed by atoms with Gasteiger partial charge in [-0.2, -0.15) is 5.10 Å². The third-order valence-corrected chi connectivity index (χ3v) is 6.45. The predicted molar refractivity (Wildman–Crippen MR) is 146 cm³/mol. The number of nitro groups is 1. The Balaban J connectivity index is 1.33. The zero-order valence-electron chi connectivity index (χ0n) is 20.7. The van der Waals surface area contributed by atoms with E-state index in [2.05, 4.69) is 15.5 Å². The highest BCUT2D eigenvalue weighted by Crippen LogP contribution is 2.29. The van der Waals surface area contributed by atoms with E-state index in [4.69, 9.17) is 14.3 Å². The number of carbonyl (C=O) groups excluding carboxylic acids is 1. The van der Waals surface area contributed by atoms with E-state index in [0.29, 0.717) is 17.9 Å². The van der Waals surface area contributed by atoms with Crippen LogP contribution in [0.1, 0.15) is 5.56 Å². The topological polar surface area (TPSA) is 138 Å². The lowest BCUT2D eigenvalue weighted by molar-refractivity contribution is -0.384. The number of benzene rings is 3. The molecule has 196 valence electrons. The fraction of sp³-hybridized carbons (Fsp3) is 0.111. The van der Waals surface area contributed by atoms with Crippen LogP contribution in [0.5, 0.6) is 5.75 Å². The van der Waals surface area contributed by atoms with Crippen LogP contribution in [0.4, 0.5) is 11.4 Å². The van der Waals surface area contributed by atoms with E-state index >= 15 is 0 Å². The lowest BCUT2D eigenvalue weighted by Gasteiger charge is -2.05. The Labute approximate surface area is 227 Å². The summed E-state index contributed by atoms with van der Waals surface area (Å²) >= 11 is 1.06. The Hall–Kier alpha value is -4.97. The third kappa shape index (κ3) is 6.30. The number of ether oxygens (including phenoxy) is 1. The molecule has 0 bridgehead atoms. The minimum atomic E-state index is -0.521. The lowest BCUT2D eigenvalue weighted by atomic mass is 10.1. The highest BCUT2D eigenvalue weighted by molar-refractivity contribution is 7.99. The first-order chi connectivity index (χ1) is 19.0. The highest BCUT2D eigenvalue weighted by atomic mass is 32.2. The molecule has 2 heterocycles. The molecule has 0 aliphatic carbocycles. The van der Waals surface area contributed by atoms with Crippen LogP contribution in [0.25, 0.3) is 22.8 Å². The molecule has 0 fully saturated rings. The maximum Gasteiger partial charge on any atom is 0.277 e. The molecular formula is C27H22N6O5S. The smallest absolute Gasteiger partial charge is 0.277 e. The molecule has 0 unspecified atom stereocenters. The number of nitro benzene ring substituents is 1. The van der Waals surface area contributed by atoms with Crippen molar-refractivity contribution in [2.75, 3.05) is 18.2 Å². The van der Waals surface area contributed by atoms with Crippen LogP contribution in [0.2, 0.25) is 0 Å². The normalized spacial score (nSPS) is 10.8. The summed E-state index contributed by atoms with van der Waals surface area (Å²) in [6.07, 6.45) is 0. The van der Waals surface area contributed by atoms with Gasteiger partial charge in [0.15, 0.2) is 0 Å². The molecule has 2 aromatic heterocycles. The molecule has 11 nitrogen and oxygen atoms in total. The van der Waals surface area contributed by atoms with E-state index in [0.717, 1.165) is 34.3 Å². The van der Waals surface area contributed by atoms with Crippen molar-refractivity contribution in [3.05, 3.63) is 101 Å². The summed E-state index contributed by atoms with van der Waals surface area (Å²) in [7, 11) is 1.62. The van der Waals surface area contributed by atoms with E-state index in [-0.39, 0.29) is 28.5 Å². The average molecular weight is 543 g/mol. The SMILES string of the molecule is COc1ccc(-c2cc(-c3nnc(SCC(=O)Nc4cccc([N+](=O)[O-])c4)o3)n(Cc3ccccc3)n2)cc1. The molecule has 0 atom stereocenters. The summed E-state index contributed by atoms with van der Waals surface area (Å²) in [5.74, 6) is 0.622. The molecule has 39 heavy (non-hydrogen) atoms. The summed E-state index contributed by atoms with van der Waals surface area (Å²) in [4.78, 5) is 22.8. The van der Waals surface area contributed by atoms with Gasteiger partial charge in [0, 0.05) is 23.4 Å². The summed E-state index contributed by atoms with van der Waals surface area (Å²) in [6, 6.07) is 25.1. The van der Waals surface area contributed by atoms with Gasteiger partial charge >= 0.3 is 0 Å². The van der Waals surface area contributed by atoms with Crippen molar-refractivity contribution in [1.29, 1.82) is 0 Å². The highest BCUT2D eigenvalue weighted by Gasteiger charge is 2.19. The van der Waals surface area contributed by atoms with Crippen LogP contribution >= 0.6 is 11.8 Å². The minimum Gasteiger partial charge on any atom is -0.497 e. The monoisotopic (exact) mass is 542 g/mol. The number of nitrogens with one attached hydrogen (secondary N) is 1. The van der Waals surface area contributed by atoms with Gasteiger partial charge in [0.05, 0.1) is 30.0 Å². The molecule has 0 aliphatic rings. The predicted octanol–water partition coefficient (Wildman–Crippen LogP) is 5.30. The van der Waals surface area contributed by atoms with Crippen LogP contribution in [0, 0.1) is 10.1 Å². The molecule has 3 aromatic carbocycles. The van der Waals surface area contributed by atoms with Crippen molar-refractivity contribution in [2.24, 2.45) is 0 Å². The third-order valence-electron chi connectivity index (χ3n) is 5.63. The number of non-ortho nitro benzene ring substituents is 1. The molecule has 5 aromatic rings. The summed E-state index contributed by atoms with van der Waals surface area (Å²) in [5.41, 5.74) is 3.53. The van der Waals surface area contributed by atoms with Gasteiger partial charge in [0.2, 0.25) is 5.91 Å². The van der Waals surface area contributed by atoms with Crippen molar-refractivity contribution in [3.63, 3.8) is 0 Å². The molecule has 0 radical (unpaired) electrons. The van der Waals surface area contributed by atoms with Gasteiger partial charge in [-0.15, -0.1) is 10.2 Å². The van der Waals surface area contributed by atoms with Crippen molar-refractivity contribution in [2.45, 2.75) is 11.8 Å². The van der Waals surface area contributed by atoms with Gasteiger partial charge in [-0.25, -0.2) is 0 Å². The van der Waals surface area contributed by atoms with E-state index in [9.17, 15) is 14.9 Å². The number of rotatable bonds is 10. The number of nitrogens with zero attached hydrogens (tertiary/aromatic N) is 5. The molecule has 12 heteroatoms. The van der Waals surface area contributed by atoms with Crippen molar-refractivity contribution < 1.29 is 18.9 Å². The Kier molecular flexibility index (Phi) is 7.64. The van der Waals surface area contributed by atoms with Crippen molar-refractivity contribution >= 4 is 29.0 Å². The van der Waals surface area contributed by atoms with E-state index in [1.807, 2.05) is 60.7 Å². The molecule has 1 amide bonds. The number of anilines is 1. The number of thioether (sulfide) groups is 1. The Bertz CT molecular complexity index is 1600. The second kappa shape index (κ2) is 11.6. The standard InChI is InChI=1S/C27H22N6O5S/c1-37-22-12-10-19(11-13-22)23-15-24(32(31-23)16-18-6-3-2-4-7-18)26-29-30-27(38-26)39-17-25(34)28-20-8-5-9-21(14-20)33(35)36/h2-15H,16-17H2,1H3,(H,28,34). The summed E-state index contributed by atoms with van der Waals surface area (Å²) in [6.45, 7) is 0.489. The largest absolute Gasteiger partial charge is 0.497 e. The summed E-state index contributed by atoms with van der Waals surface area (Å²) in [5, 5.41) is 26.9. The Morgan fingerprint density at radius 3 is 2.59 bits per heavy atom. The minimum absolute atomic E-state index is 0.0231. The first-order valence-electron chi connectivity index (χ1n) is 11.8. The molecular weight excluding hydrogens is 520 g/mol. The average Bonchev–Trinajstić information content (AvgIpc) is 3.60. The van der Waals surface area contributed by atoms with Crippen molar-refractivity contribution in [3.8, 4) is 28.6 Å². The number of hydrogen-bond donors (Lipinski definition) is 1. The van der Waals surface area contributed by atoms with E-state index in [1.54, 1.807) is 17.9 Å². The fourth-order valence-electron chi connectivity index (χ4n) is 3.76. The maximum atomic E-state index is 12.4. The van der Waals surface area contributed by atoms with Gasteiger partial charge in [-0.3, -0.25) is 19.6 Å². The second-order valence-corrected chi connectivity index (χ2v) is 9.23. The zero-order valence-corrected chi connectivity index (χ0v) is 21.5. The Morgan fingerprint density at radius 2 is 1.85 bits per heavy atom. The summed E-state index contributed by atoms with van der Waals surface area (Å²) < 4.78 is 12.9. The quantitative estimate of drug-likeness (QED) is 0.142. The van der Waals surface area contributed by atoms with Crippen LogP contribution in [0.3, 0.4) is 0 Å². The number of carbonyl (C=O) groups is 1. The van der Waals surface area contributed by atoms with Gasteiger partial charge < -0.3 is 14.5 Å². The van der Waals surface area contributed by atoms with Gasteiger partial charge in [-0.1, -0.05) is 48.2 Å². The van der Waals surface area contributed by atoms with Gasteiger partial charge in [0.25, 0.3) is 16.8 Å². The van der Waals surface area contributed by atoms with Gasteiger partial charge in [-0.05, 0) is 42.0 Å². The van der Waals surface area contributed by atoms with Crippen molar-refractivity contribution in [1.82, 2.24) is 20.0 Å². The molecule has 0 aliphatic heterocycles. The fourth-order valence-corrected chi connectivity index (χ4v) is 4.33. The molecule has 0 saturated carbocycles. The molecule has 5 rings (SSSR count). The second-order valence-electron chi connectivity index (χ2n) is 8.30. The number of amides is 1. The lowest BCUT2D eigenvalue weighted by Crippen LogP contribution is -2.14. The number of hydrogen-bond acceptors (Lipinski definition) is 9. The van der Waals surface area contributed by atoms with Crippen LogP contribution in [-0.2, 0) is 11.3 Å². The zero-order chi connectivity index (χ0) is 27.2. The molecule has 0 spiro atoms.